The molecule has 128 valence electrons. The Kier molecular flexibility index (Phi) is 5.66. The number of benzene rings is 1. The minimum absolute atomic E-state index is 0.0416. The highest BCUT2D eigenvalue weighted by Gasteiger charge is 2.31. The van der Waals surface area contributed by atoms with Gasteiger partial charge in [-0.05, 0) is 18.4 Å². The van der Waals surface area contributed by atoms with Gasteiger partial charge in [0.1, 0.15) is 0 Å². The fourth-order valence-corrected chi connectivity index (χ4v) is 3.69. The Labute approximate surface area is 133 Å². The van der Waals surface area contributed by atoms with Crippen molar-refractivity contribution in [3.63, 3.8) is 0 Å². The Morgan fingerprint density at radius 1 is 1.35 bits per heavy atom. The van der Waals surface area contributed by atoms with Crippen molar-refractivity contribution in [2.45, 2.75) is 25.8 Å². The van der Waals surface area contributed by atoms with E-state index in [2.05, 4.69) is 4.72 Å². The maximum Gasteiger partial charge on any atom is 0.307 e. The number of rotatable bonds is 6. The molecule has 2 rings (SSSR count). The number of nitrogens with zero attached hydrogens (tertiary/aromatic N) is 1. The van der Waals surface area contributed by atoms with Crippen LogP contribution in [0.25, 0.3) is 0 Å². The third kappa shape index (κ3) is 4.69. The highest BCUT2D eigenvalue weighted by Crippen LogP contribution is 2.20. The maximum atomic E-state index is 12.5. The first-order chi connectivity index (χ1) is 10.8. The van der Waals surface area contributed by atoms with Gasteiger partial charge in [0.05, 0.1) is 5.92 Å². The standard InChI is InChI=1S/C14H18F2N2O4S/c15-13(16)11-5-3-10(4-6-11)8-17-23(21,22)18-7-1-2-12(9-18)14(19)20/h3-6,12-13,17H,1-2,7-9H2,(H,19,20). The van der Waals surface area contributed by atoms with Gasteiger partial charge in [-0.1, -0.05) is 24.3 Å². The zero-order valence-corrected chi connectivity index (χ0v) is 13.1. The molecule has 1 heterocycles. The lowest BCUT2D eigenvalue weighted by Crippen LogP contribution is -2.47. The predicted molar refractivity (Wildman–Crippen MR) is 79.1 cm³/mol. The van der Waals surface area contributed by atoms with Crippen molar-refractivity contribution < 1.29 is 27.1 Å². The maximum absolute atomic E-state index is 12.5. The van der Waals surface area contributed by atoms with Crippen molar-refractivity contribution in [3.05, 3.63) is 35.4 Å². The second-order valence-electron chi connectivity index (χ2n) is 5.40. The van der Waals surface area contributed by atoms with Crippen LogP contribution in [0.1, 0.15) is 30.4 Å². The van der Waals surface area contributed by atoms with Gasteiger partial charge in [-0.15, -0.1) is 0 Å². The Hall–Kier alpha value is -1.58. The Morgan fingerprint density at radius 3 is 2.57 bits per heavy atom. The average molecular weight is 348 g/mol. The fraction of sp³-hybridized carbons (Fsp3) is 0.500. The molecule has 1 fully saturated rings. The molecule has 1 saturated heterocycles. The second kappa shape index (κ2) is 7.33. The van der Waals surface area contributed by atoms with E-state index in [0.29, 0.717) is 18.4 Å². The SMILES string of the molecule is O=C(O)C1CCCN(S(=O)(=O)NCc2ccc(C(F)F)cc2)C1. The van der Waals surface area contributed by atoms with E-state index < -0.39 is 28.5 Å². The number of carboxylic acid groups (broad SMARTS) is 1. The molecular formula is C14H18F2N2O4S. The van der Waals surface area contributed by atoms with Crippen molar-refractivity contribution in [3.8, 4) is 0 Å². The summed E-state index contributed by atoms with van der Waals surface area (Å²) < 4.78 is 52.8. The molecule has 9 heteroatoms. The molecule has 1 aromatic rings. The fourth-order valence-electron chi connectivity index (χ4n) is 2.41. The van der Waals surface area contributed by atoms with Crippen molar-refractivity contribution in [2.75, 3.05) is 13.1 Å². The molecule has 1 aliphatic rings. The van der Waals surface area contributed by atoms with E-state index in [9.17, 15) is 22.0 Å². The van der Waals surface area contributed by atoms with Crippen LogP contribution in [0.3, 0.4) is 0 Å². The molecule has 0 amide bonds. The second-order valence-corrected chi connectivity index (χ2v) is 7.16. The van der Waals surface area contributed by atoms with Gasteiger partial charge in [-0.3, -0.25) is 4.79 Å². The van der Waals surface area contributed by atoms with Crippen molar-refractivity contribution >= 4 is 16.2 Å². The van der Waals surface area contributed by atoms with E-state index in [1.165, 1.54) is 24.3 Å². The summed E-state index contributed by atoms with van der Waals surface area (Å²) in [6, 6.07) is 5.35. The lowest BCUT2D eigenvalue weighted by Gasteiger charge is -2.29. The normalized spacial score (nSPS) is 19.9. The highest BCUT2D eigenvalue weighted by molar-refractivity contribution is 7.87. The summed E-state index contributed by atoms with van der Waals surface area (Å²) in [6.07, 6.45) is -1.63. The molecule has 0 saturated carbocycles. The number of carboxylic acids is 1. The molecular weight excluding hydrogens is 330 g/mol. The van der Waals surface area contributed by atoms with Gasteiger partial charge in [0.25, 0.3) is 16.6 Å². The molecule has 0 aromatic heterocycles. The largest absolute Gasteiger partial charge is 0.481 e. The van der Waals surface area contributed by atoms with E-state index in [4.69, 9.17) is 5.11 Å². The van der Waals surface area contributed by atoms with E-state index in [0.717, 1.165) is 4.31 Å². The molecule has 0 bridgehead atoms. The summed E-state index contributed by atoms with van der Waals surface area (Å²) in [7, 11) is -3.80. The first-order valence-corrected chi connectivity index (χ1v) is 8.58. The molecule has 0 aliphatic carbocycles. The number of alkyl halides is 2. The van der Waals surface area contributed by atoms with Gasteiger partial charge in [-0.2, -0.15) is 17.4 Å². The minimum atomic E-state index is -3.80. The van der Waals surface area contributed by atoms with Crippen LogP contribution in [0.15, 0.2) is 24.3 Å². The van der Waals surface area contributed by atoms with E-state index in [1.54, 1.807) is 0 Å². The summed E-state index contributed by atoms with van der Waals surface area (Å²) in [6.45, 7) is 0.165. The smallest absolute Gasteiger partial charge is 0.307 e. The lowest BCUT2D eigenvalue weighted by atomic mass is 10.0. The van der Waals surface area contributed by atoms with E-state index in [-0.39, 0.29) is 25.2 Å². The molecule has 1 aliphatic heterocycles. The van der Waals surface area contributed by atoms with Crippen LogP contribution in [-0.4, -0.2) is 36.9 Å². The molecule has 0 spiro atoms. The summed E-state index contributed by atoms with van der Waals surface area (Å²) in [4.78, 5) is 11.0. The van der Waals surface area contributed by atoms with Gasteiger partial charge >= 0.3 is 5.97 Å². The van der Waals surface area contributed by atoms with Gasteiger partial charge in [0.2, 0.25) is 0 Å². The van der Waals surface area contributed by atoms with Gasteiger partial charge in [0.15, 0.2) is 0 Å². The number of carbonyl (C=O) groups is 1. The highest BCUT2D eigenvalue weighted by atomic mass is 32.2. The third-order valence-electron chi connectivity index (χ3n) is 3.76. The summed E-state index contributed by atoms with van der Waals surface area (Å²) in [5.41, 5.74) is 0.418. The third-order valence-corrected chi connectivity index (χ3v) is 5.28. The van der Waals surface area contributed by atoms with Crippen LogP contribution in [-0.2, 0) is 21.5 Å². The average Bonchev–Trinajstić information content (AvgIpc) is 2.53. The number of nitrogens with one attached hydrogen (secondary N) is 1. The molecule has 1 aromatic carbocycles. The topological polar surface area (TPSA) is 86.7 Å². The van der Waals surface area contributed by atoms with Crippen LogP contribution < -0.4 is 4.72 Å². The molecule has 23 heavy (non-hydrogen) atoms. The van der Waals surface area contributed by atoms with Crippen LogP contribution in [0.5, 0.6) is 0 Å². The number of hydrogen-bond acceptors (Lipinski definition) is 3. The van der Waals surface area contributed by atoms with Crippen molar-refractivity contribution in [2.24, 2.45) is 5.92 Å². The molecule has 2 N–H and O–H groups in total. The van der Waals surface area contributed by atoms with E-state index >= 15 is 0 Å². The summed E-state index contributed by atoms with van der Waals surface area (Å²) in [5.74, 6) is -1.71. The molecule has 1 unspecified atom stereocenters. The molecule has 6 nitrogen and oxygen atoms in total. The van der Waals surface area contributed by atoms with Gasteiger partial charge < -0.3 is 5.11 Å². The van der Waals surface area contributed by atoms with E-state index in [1.807, 2.05) is 0 Å². The zero-order chi connectivity index (χ0) is 17.0. The first-order valence-electron chi connectivity index (χ1n) is 7.14. The number of piperidine rings is 1. The Bertz CT molecular complexity index is 649. The lowest BCUT2D eigenvalue weighted by molar-refractivity contribution is -0.142. The van der Waals surface area contributed by atoms with Crippen LogP contribution in [0, 0.1) is 5.92 Å². The quantitative estimate of drug-likeness (QED) is 0.820. The van der Waals surface area contributed by atoms with Crippen molar-refractivity contribution in [1.82, 2.24) is 9.03 Å². The Balaban J connectivity index is 1.96. The predicted octanol–water partition coefficient (Wildman–Crippen LogP) is 1.76. The number of aliphatic carboxylic acids is 1. The van der Waals surface area contributed by atoms with Gasteiger partial charge in [-0.25, -0.2) is 8.78 Å². The van der Waals surface area contributed by atoms with Crippen LogP contribution in [0.4, 0.5) is 8.78 Å². The van der Waals surface area contributed by atoms with Crippen LogP contribution >= 0.6 is 0 Å². The first kappa shape index (κ1) is 17.8. The van der Waals surface area contributed by atoms with Crippen molar-refractivity contribution in [1.29, 1.82) is 0 Å². The zero-order valence-electron chi connectivity index (χ0n) is 12.3. The molecule has 1 atom stereocenters. The number of halogens is 2. The monoisotopic (exact) mass is 348 g/mol. The molecule has 0 radical (unpaired) electrons. The van der Waals surface area contributed by atoms with Gasteiger partial charge in [0, 0.05) is 25.2 Å². The summed E-state index contributed by atoms with van der Waals surface area (Å²) in [5, 5.41) is 9.00. The van der Waals surface area contributed by atoms with Crippen LogP contribution in [0.2, 0.25) is 0 Å². The Morgan fingerprint density at radius 2 is 2.00 bits per heavy atom. The number of hydrogen-bond donors (Lipinski definition) is 2. The summed E-state index contributed by atoms with van der Waals surface area (Å²) >= 11 is 0. The minimum Gasteiger partial charge on any atom is -0.481 e.